The molecule has 0 fully saturated rings. The standard InChI is InChI=1S/C14H23NO/c1-10(2)11-6-8-12(9-7-11)14(5,15)13(3,4)16/h6-10,16H,15H2,1-5H3. The highest BCUT2D eigenvalue weighted by Gasteiger charge is 2.37. The van der Waals surface area contributed by atoms with Crippen LogP contribution in [0.25, 0.3) is 0 Å². The number of aliphatic hydroxyl groups is 1. The molecule has 0 aliphatic carbocycles. The average molecular weight is 221 g/mol. The lowest BCUT2D eigenvalue weighted by Crippen LogP contribution is -2.52. The zero-order valence-corrected chi connectivity index (χ0v) is 10.9. The second kappa shape index (κ2) is 4.19. The molecule has 2 nitrogen and oxygen atoms in total. The molecule has 0 aliphatic rings. The Morgan fingerprint density at radius 2 is 1.50 bits per heavy atom. The summed E-state index contributed by atoms with van der Waals surface area (Å²) in [7, 11) is 0. The van der Waals surface area contributed by atoms with Gasteiger partial charge in [0.2, 0.25) is 0 Å². The van der Waals surface area contributed by atoms with Gasteiger partial charge in [0.15, 0.2) is 0 Å². The summed E-state index contributed by atoms with van der Waals surface area (Å²) in [5, 5.41) is 10.1. The van der Waals surface area contributed by atoms with Crippen molar-refractivity contribution in [3.05, 3.63) is 35.4 Å². The van der Waals surface area contributed by atoms with Crippen LogP contribution in [-0.4, -0.2) is 10.7 Å². The number of hydrogen-bond acceptors (Lipinski definition) is 2. The molecule has 0 amide bonds. The molecule has 0 aromatic heterocycles. The van der Waals surface area contributed by atoms with Gasteiger partial charge in [-0.05, 0) is 37.8 Å². The van der Waals surface area contributed by atoms with Gasteiger partial charge in [-0.15, -0.1) is 0 Å². The second-order valence-corrected chi connectivity index (χ2v) is 5.54. The first kappa shape index (κ1) is 13.2. The molecule has 90 valence electrons. The Morgan fingerprint density at radius 3 is 1.81 bits per heavy atom. The zero-order chi connectivity index (χ0) is 12.6. The van der Waals surface area contributed by atoms with Gasteiger partial charge in [-0.25, -0.2) is 0 Å². The Bertz CT molecular complexity index is 344. The van der Waals surface area contributed by atoms with Gasteiger partial charge in [0, 0.05) is 0 Å². The first-order valence-electron chi connectivity index (χ1n) is 5.78. The molecule has 16 heavy (non-hydrogen) atoms. The summed E-state index contributed by atoms with van der Waals surface area (Å²) in [4.78, 5) is 0. The van der Waals surface area contributed by atoms with Gasteiger partial charge in [0.25, 0.3) is 0 Å². The quantitative estimate of drug-likeness (QED) is 0.824. The Labute approximate surface area is 98.5 Å². The van der Waals surface area contributed by atoms with Crippen molar-refractivity contribution in [3.63, 3.8) is 0 Å². The van der Waals surface area contributed by atoms with E-state index in [2.05, 4.69) is 26.0 Å². The SMILES string of the molecule is CC(C)c1ccc(C(C)(N)C(C)(C)O)cc1. The lowest BCUT2D eigenvalue weighted by Gasteiger charge is -2.37. The van der Waals surface area contributed by atoms with E-state index in [9.17, 15) is 5.11 Å². The highest BCUT2D eigenvalue weighted by atomic mass is 16.3. The van der Waals surface area contributed by atoms with E-state index in [1.807, 2.05) is 19.1 Å². The molecule has 0 spiro atoms. The van der Waals surface area contributed by atoms with Crippen molar-refractivity contribution in [2.75, 3.05) is 0 Å². The minimum Gasteiger partial charge on any atom is -0.388 e. The molecule has 2 heteroatoms. The summed E-state index contributed by atoms with van der Waals surface area (Å²) in [5.41, 5.74) is 6.77. The van der Waals surface area contributed by atoms with Crippen molar-refractivity contribution in [2.24, 2.45) is 5.73 Å². The van der Waals surface area contributed by atoms with Gasteiger partial charge in [0.1, 0.15) is 0 Å². The summed E-state index contributed by atoms with van der Waals surface area (Å²) >= 11 is 0. The van der Waals surface area contributed by atoms with Gasteiger partial charge in [-0.2, -0.15) is 0 Å². The lowest BCUT2D eigenvalue weighted by molar-refractivity contribution is 0.00365. The normalized spacial score (nSPS) is 16.2. The third kappa shape index (κ3) is 2.45. The number of rotatable bonds is 3. The van der Waals surface area contributed by atoms with E-state index in [1.54, 1.807) is 13.8 Å². The summed E-state index contributed by atoms with van der Waals surface area (Å²) in [6, 6.07) is 8.17. The first-order valence-corrected chi connectivity index (χ1v) is 5.78. The lowest BCUT2D eigenvalue weighted by atomic mass is 9.78. The van der Waals surface area contributed by atoms with Gasteiger partial charge >= 0.3 is 0 Å². The molecule has 0 radical (unpaired) electrons. The molecule has 1 atom stereocenters. The Morgan fingerprint density at radius 1 is 1.06 bits per heavy atom. The van der Waals surface area contributed by atoms with E-state index >= 15 is 0 Å². The molecule has 0 aliphatic heterocycles. The molecule has 1 rings (SSSR count). The minimum absolute atomic E-state index is 0.514. The Hall–Kier alpha value is -0.860. The van der Waals surface area contributed by atoms with Crippen LogP contribution in [0.15, 0.2) is 24.3 Å². The van der Waals surface area contributed by atoms with Crippen LogP contribution in [0, 0.1) is 0 Å². The van der Waals surface area contributed by atoms with Crippen LogP contribution in [0.5, 0.6) is 0 Å². The van der Waals surface area contributed by atoms with E-state index in [-0.39, 0.29) is 0 Å². The zero-order valence-electron chi connectivity index (χ0n) is 10.9. The maximum absolute atomic E-state index is 10.1. The molecule has 1 aromatic carbocycles. The predicted octanol–water partition coefficient (Wildman–Crippen LogP) is 2.75. The second-order valence-electron chi connectivity index (χ2n) is 5.54. The van der Waals surface area contributed by atoms with Crippen LogP contribution in [0.2, 0.25) is 0 Å². The van der Waals surface area contributed by atoms with Gasteiger partial charge in [-0.1, -0.05) is 38.1 Å². The van der Waals surface area contributed by atoms with Crippen molar-refractivity contribution in [3.8, 4) is 0 Å². The molecular formula is C14H23NO. The molecule has 0 bridgehead atoms. The summed E-state index contributed by atoms with van der Waals surface area (Å²) in [6.07, 6.45) is 0. The molecule has 3 N–H and O–H groups in total. The van der Waals surface area contributed by atoms with Crippen LogP contribution >= 0.6 is 0 Å². The van der Waals surface area contributed by atoms with E-state index in [0.29, 0.717) is 5.92 Å². The highest BCUT2D eigenvalue weighted by Crippen LogP contribution is 2.30. The molecule has 1 unspecified atom stereocenters. The highest BCUT2D eigenvalue weighted by molar-refractivity contribution is 5.31. The van der Waals surface area contributed by atoms with Crippen molar-refractivity contribution in [1.29, 1.82) is 0 Å². The fourth-order valence-electron chi connectivity index (χ4n) is 1.57. The first-order chi connectivity index (χ1) is 7.16. The summed E-state index contributed by atoms with van der Waals surface area (Å²) in [5.74, 6) is 0.514. The fraction of sp³-hybridized carbons (Fsp3) is 0.571. The molecule has 0 heterocycles. The van der Waals surface area contributed by atoms with Crippen molar-refractivity contribution < 1.29 is 5.11 Å². The van der Waals surface area contributed by atoms with E-state index in [4.69, 9.17) is 5.73 Å². The van der Waals surface area contributed by atoms with Gasteiger partial charge < -0.3 is 10.8 Å². The maximum atomic E-state index is 10.1. The molecule has 0 saturated heterocycles. The van der Waals surface area contributed by atoms with E-state index in [1.165, 1.54) is 5.56 Å². The third-order valence-corrected chi connectivity index (χ3v) is 3.45. The van der Waals surface area contributed by atoms with E-state index in [0.717, 1.165) is 5.56 Å². The summed E-state index contributed by atoms with van der Waals surface area (Å²) < 4.78 is 0. The molecule has 0 saturated carbocycles. The average Bonchev–Trinajstić information content (AvgIpc) is 2.16. The van der Waals surface area contributed by atoms with Crippen molar-refractivity contribution >= 4 is 0 Å². The predicted molar refractivity (Wildman–Crippen MR) is 68.4 cm³/mol. The van der Waals surface area contributed by atoms with Crippen LogP contribution in [0.4, 0.5) is 0 Å². The number of hydrogen-bond donors (Lipinski definition) is 2. The van der Waals surface area contributed by atoms with Crippen LogP contribution in [-0.2, 0) is 5.54 Å². The van der Waals surface area contributed by atoms with Gasteiger partial charge in [0.05, 0.1) is 11.1 Å². The number of benzene rings is 1. The van der Waals surface area contributed by atoms with Crippen LogP contribution < -0.4 is 5.73 Å². The largest absolute Gasteiger partial charge is 0.388 e. The monoisotopic (exact) mass is 221 g/mol. The van der Waals surface area contributed by atoms with E-state index < -0.39 is 11.1 Å². The summed E-state index contributed by atoms with van der Waals surface area (Å²) in [6.45, 7) is 9.66. The molecular weight excluding hydrogens is 198 g/mol. The van der Waals surface area contributed by atoms with Crippen molar-refractivity contribution in [2.45, 2.75) is 51.7 Å². The van der Waals surface area contributed by atoms with Crippen LogP contribution in [0.3, 0.4) is 0 Å². The molecule has 1 aromatic rings. The maximum Gasteiger partial charge on any atom is 0.0809 e. The Kier molecular flexibility index (Phi) is 3.46. The Balaban J connectivity index is 3.07. The number of nitrogens with two attached hydrogens (primary N) is 1. The third-order valence-electron chi connectivity index (χ3n) is 3.45. The van der Waals surface area contributed by atoms with Crippen molar-refractivity contribution in [1.82, 2.24) is 0 Å². The van der Waals surface area contributed by atoms with Crippen LogP contribution in [0.1, 0.15) is 51.7 Å². The fourth-order valence-corrected chi connectivity index (χ4v) is 1.57. The topological polar surface area (TPSA) is 46.2 Å². The minimum atomic E-state index is -0.938. The van der Waals surface area contributed by atoms with Gasteiger partial charge in [-0.3, -0.25) is 0 Å². The smallest absolute Gasteiger partial charge is 0.0809 e.